The average Bonchev–Trinajstić information content (AvgIpc) is 2.30. The Bertz CT molecular complexity index is 507. The number of ether oxygens (including phenoxy) is 1. The summed E-state index contributed by atoms with van der Waals surface area (Å²) in [7, 11) is 1.85. The summed E-state index contributed by atoms with van der Waals surface area (Å²) in [4.78, 5) is 11.9. The van der Waals surface area contributed by atoms with Gasteiger partial charge in [0, 0.05) is 11.2 Å². The SMILES string of the molecule is CNC(C)(C)Cc1cc(F)ccc1NC(=O)OC(C)(C)C. The highest BCUT2D eigenvalue weighted by Gasteiger charge is 2.21. The number of halogens is 1. The van der Waals surface area contributed by atoms with E-state index in [9.17, 15) is 9.18 Å². The van der Waals surface area contributed by atoms with Crippen LogP contribution < -0.4 is 10.6 Å². The van der Waals surface area contributed by atoms with Crippen LogP contribution in [0.15, 0.2) is 18.2 Å². The molecule has 0 fully saturated rings. The van der Waals surface area contributed by atoms with E-state index >= 15 is 0 Å². The van der Waals surface area contributed by atoms with Gasteiger partial charge in [0.2, 0.25) is 0 Å². The average molecular weight is 296 g/mol. The van der Waals surface area contributed by atoms with Gasteiger partial charge in [-0.25, -0.2) is 9.18 Å². The van der Waals surface area contributed by atoms with E-state index in [0.717, 1.165) is 5.56 Å². The van der Waals surface area contributed by atoms with Crippen LogP contribution in [0, 0.1) is 5.82 Å². The molecule has 4 nitrogen and oxygen atoms in total. The lowest BCUT2D eigenvalue weighted by Crippen LogP contribution is -2.38. The minimum Gasteiger partial charge on any atom is -0.444 e. The molecule has 0 saturated heterocycles. The van der Waals surface area contributed by atoms with E-state index in [1.54, 1.807) is 26.8 Å². The van der Waals surface area contributed by atoms with Gasteiger partial charge < -0.3 is 10.1 Å². The van der Waals surface area contributed by atoms with Crippen molar-refractivity contribution in [2.45, 2.75) is 52.2 Å². The second kappa shape index (κ2) is 6.43. The number of anilines is 1. The number of likely N-dealkylation sites (N-methyl/N-ethyl adjacent to an activating group) is 1. The van der Waals surface area contributed by atoms with Crippen molar-refractivity contribution in [1.82, 2.24) is 5.32 Å². The Morgan fingerprint density at radius 1 is 1.24 bits per heavy atom. The first-order valence-corrected chi connectivity index (χ1v) is 7.00. The van der Waals surface area contributed by atoms with Gasteiger partial charge >= 0.3 is 6.09 Å². The van der Waals surface area contributed by atoms with E-state index in [1.807, 2.05) is 20.9 Å². The Morgan fingerprint density at radius 2 is 1.86 bits per heavy atom. The van der Waals surface area contributed by atoms with Crippen LogP contribution in [-0.2, 0) is 11.2 Å². The van der Waals surface area contributed by atoms with Crippen LogP contribution >= 0.6 is 0 Å². The summed E-state index contributed by atoms with van der Waals surface area (Å²) in [6.07, 6.45) is 0.0319. The third-order valence-electron chi connectivity index (χ3n) is 3.01. The molecular weight excluding hydrogens is 271 g/mol. The Balaban J connectivity index is 2.94. The summed E-state index contributed by atoms with van der Waals surface area (Å²) < 4.78 is 18.7. The molecule has 1 amide bonds. The molecule has 118 valence electrons. The molecule has 0 aliphatic rings. The van der Waals surface area contributed by atoms with Crippen LogP contribution in [0.1, 0.15) is 40.2 Å². The lowest BCUT2D eigenvalue weighted by molar-refractivity contribution is 0.0635. The fourth-order valence-electron chi connectivity index (χ4n) is 1.81. The van der Waals surface area contributed by atoms with Crippen molar-refractivity contribution in [3.05, 3.63) is 29.6 Å². The predicted octanol–water partition coefficient (Wildman–Crippen LogP) is 3.71. The minimum absolute atomic E-state index is 0.210. The van der Waals surface area contributed by atoms with E-state index in [4.69, 9.17) is 4.74 Å². The zero-order valence-electron chi connectivity index (χ0n) is 13.6. The monoisotopic (exact) mass is 296 g/mol. The van der Waals surface area contributed by atoms with E-state index in [0.29, 0.717) is 12.1 Å². The predicted molar refractivity (Wildman–Crippen MR) is 83.1 cm³/mol. The lowest BCUT2D eigenvalue weighted by atomic mass is 9.94. The highest BCUT2D eigenvalue weighted by molar-refractivity contribution is 5.86. The van der Waals surface area contributed by atoms with E-state index in [2.05, 4.69) is 10.6 Å². The molecule has 0 atom stereocenters. The molecule has 0 radical (unpaired) electrons. The molecular formula is C16H25FN2O2. The first-order valence-electron chi connectivity index (χ1n) is 7.00. The zero-order chi connectivity index (χ0) is 16.3. The fraction of sp³-hybridized carbons (Fsp3) is 0.562. The van der Waals surface area contributed by atoms with Crippen molar-refractivity contribution in [2.24, 2.45) is 0 Å². The van der Waals surface area contributed by atoms with Crippen molar-refractivity contribution in [3.63, 3.8) is 0 Å². The van der Waals surface area contributed by atoms with Crippen LogP contribution in [0.25, 0.3) is 0 Å². The molecule has 2 N–H and O–H groups in total. The maximum absolute atomic E-state index is 13.5. The second-order valence-corrected chi connectivity index (χ2v) is 6.74. The van der Waals surface area contributed by atoms with Gasteiger partial charge in [-0.2, -0.15) is 0 Å². The van der Waals surface area contributed by atoms with Gasteiger partial charge in [-0.05, 0) is 71.8 Å². The van der Waals surface area contributed by atoms with Crippen LogP contribution in [0.3, 0.4) is 0 Å². The number of amides is 1. The summed E-state index contributed by atoms with van der Waals surface area (Å²) in [5.74, 6) is -0.327. The first-order chi connectivity index (χ1) is 9.52. The fourth-order valence-corrected chi connectivity index (χ4v) is 1.81. The molecule has 0 unspecified atom stereocenters. The maximum atomic E-state index is 13.5. The van der Waals surface area contributed by atoms with Crippen molar-refractivity contribution in [1.29, 1.82) is 0 Å². The Morgan fingerprint density at radius 3 is 2.38 bits per heavy atom. The summed E-state index contributed by atoms with van der Waals surface area (Å²) in [5.41, 5.74) is 0.501. The summed E-state index contributed by atoms with van der Waals surface area (Å²) >= 11 is 0. The van der Waals surface area contributed by atoms with E-state index in [-0.39, 0.29) is 11.4 Å². The number of rotatable bonds is 4. The Labute approximate surface area is 126 Å². The van der Waals surface area contributed by atoms with Crippen molar-refractivity contribution >= 4 is 11.8 Å². The molecule has 0 aliphatic heterocycles. The highest BCUT2D eigenvalue weighted by atomic mass is 19.1. The summed E-state index contributed by atoms with van der Waals surface area (Å²) in [6, 6.07) is 4.31. The molecule has 5 heteroatoms. The van der Waals surface area contributed by atoms with Crippen LogP contribution in [0.5, 0.6) is 0 Å². The number of benzene rings is 1. The standard InChI is InChI=1S/C16H25FN2O2/c1-15(2,3)21-14(20)19-13-8-7-12(17)9-11(13)10-16(4,5)18-6/h7-9,18H,10H2,1-6H3,(H,19,20). The van der Waals surface area contributed by atoms with Gasteiger partial charge in [0.05, 0.1) is 0 Å². The van der Waals surface area contributed by atoms with E-state index < -0.39 is 11.7 Å². The number of nitrogens with one attached hydrogen (secondary N) is 2. The van der Waals surface area contributed by atoms with Crippen molar-refractivity contribution < 1.29 is 13.9 Å². The quantitative estimate of drug-likeness (QED) is 0.890. The first kappa shape index (κ1) is 17.4. The summed E-state index contributed by atoms with van der Waals surface area (Å²) in [6.45, 7) is 9.40. The third kappa shape index (κ3) is 6.12. The zero-order valence-corrected chi connectivity index (χ0v) is 13.6. The molecule has 0 aromatic heterocycles. The normalized spacial score (nSPS) is 12.1. The maximum Gasteiger partial charge on any atom is 0.412 e. The smallest absolute Gasteiger partial charge is 0.412 e. The molecule has 0 saturated carbocycles. The van der Waals surface area contributed by atoms with Gasteiger partial charge in [-0.3, -0.25) is 5.32 Å². The highest BCUT2D eigenvalue weighted by Crippen LogP contribution is 2.23. The van der Waals surface area contributed by atoms with Crippen LogP contribution in [0.2, 0.25) is 0 Å². The Kier molecular flexibility index (Phi) is 5.34. The van der Waals surface area contributed by atoms with Gasteiger partial charge in [0.15, 0.2) is 0 Å². The molecule has 0 heterocycles. The number of hydrogen-bond donors (Lipinski definition) is 2. The molecule has 0 aliphatic carbocycles. The topological polar surface area (TPSA) is 50.4 Å². The van der Waals surface area contributed by atoms with Gasteiger partial charge in [0.1, 0.15) is 11.4 Å². The van der Waals surface area contributed by atoms with Crippen molar-refractivity contribution in [2.75, 3.05) is 12.4 Å². The molecule has 1 aromatic rings. The van der Waals surface area contributed by atoms with Crippen LogP contribution in [-0.4, -0.2) is 24.3 Å². The largest absolute Gasteiger partial charge is 0.444 e. The number of carbonyl (C=O) groups is 1. The van der Waals surface area contributed by atoms with E-state index in [1.165, 1.54) is 12.1 Å². The molecule has 0 spiro atoms. The number of carbonyl (C=O) groups excluding carboxylic acids is 1. The van der Waals surface area contributed by atoms with Gasteiger partial charge in [-0.15, -0.1) is 0 Å². The lowest BCUT2D eigenvalue weighted by Gasteiger charge is -2.26. The molecule has 1 aromatic carbocycles. The van der Waals surface area contributed by atoms with Crippen LogP contribution in [0.4, 0.5) is 14.9 Å². The van der Waals surface area contributed by atoms with Gasteiger partial charge in [-0.1, -0.05) is 0 Å². The molecule has 0 bridgehead atoms. The number of hydrogen-bond acceptors (Lipinski definition) is 3. The summed E-state index contributed by atoms with van der Waals surface area (Å²) in [5, 5.41) is 5.85. The van der Waals surface area contributed by atoms with Crippen molar-refractivity contribution in [3.8, 4) is 0 Å². The molecule has 21 heavy (non-hydrogen) atoms. The van der Waals surface area contributed by atoms with Gasteiger partial charge in [0.25, 0.3) is 0 Å². The second-order valence-electron chi connectivity index (χ2n) is 6.74. The third-order valence-corrected chi connectivity index (χ3v) is 3.01. The molecule has 1 rings (SSSR count). The Hall–Kier alpha value is -1.62. The minimum atomic E-state index is -0.575.